The molecule has 5 heterocycles. The number of carbonyl (C=O) groups excluding carboxylic acids is 1. The lowest BCUT2D eigenvalue weighted by Crippen LogP contribution is -2.53. The van der Waals surface area contributed by atoms with Crippen LogP contribution in [0.15, 0.2) is 66.9 Å². The van der Waals surface area contributed by atoms with Gasteiger partial charge in [-0.1, -0.05) is 35.9 Å². The summed E-state index contributed by atoms with van der Waals surface area (Å²) in [6.07, 6.45) is 3.79. The number of hydrogen-bond acceptors (Lipinski definition) is 7. The zero-order chi connectivity index (χ0) is 28.0. The van der Waals surface area contributed by atoms with Crippen LogP contribution in [0.4, 0.5) is 5.69 Å². The Morgan fingerprint density at radius 3 is 2.61 bits per heavy atom. The van der Waals surface area contributed by atoms with Gasteiger partial charge in [-0.3, -0.25) is 4.79 Å². The van der Waals surface area contributed by atoms with Crippen LogP contribution in [0.1, 0.15) is 40.2 Å². The Bertz CT molecular complexity index is 1550. The lowest BCUT2D eigenvalue weighted by Gasteiger charge is -2.39. The normalized spacial score (nSPS) is 22.2. The Morgan fingerprint density at radius 2 is 1.83 bits per heavy atom. The van der Waals surface area contributed by atoms with Gasteiger partial charge in [0.1, 0.15) is 0 Å². The number of halogens is 1. The third-order valence-corrected chi connectivity index (χ3v) is 8.97. The van der Waals surface area contributed by atoms with Crippen molar-refractivity contribution in [3.05, 3.63) is 94.4 Å². The maximum absolute atomic E-state index is 13.2. The number of aliphatic hydroxyl groups is 1. The van der Waals surface area contributed by atoms with Gasteiger partial charge in [0.05, 0.1) is 30.0 Å². The first kappa shape index (κ1) is 26.4. The highest BCUT2D eigenvalue weighted by Crippen LogP contribution is 2.36. The molecule has 212 valence electrons. The zero-order valence-corrected chi connectivity index (χ0v) is 23.5. The van der Waals surface area contributed by atoms with Gasteiger partial charge < -0.3 is 25.0 Å². The largest absolute Gasteiger partial charge is 0.385 e. The summed E-state index contributed by atoms with van der Waals surface area (Å²) in [7, 11) is 0. The van der Waals surface area contributed by atoms with Crippen molar-refractivity contribution in [3.63, 3.8) is 0 Å². The van der Waals surface area contributed by atoms with Crippen LogP contribution in [0.2, 0.25) is 5.02 Å². The second-order valence-corrected chi connectivity index (χ2v) is 11.7. The van der Waals surface area contributed by atoms with E-state index in [0.717, 1.165) is 41.4 Å². The van der Waals surface area contributed by atoms with Crippen LogP contribution in [0, 0.1) is 0 Å². The smallest absolute Gasteiger partial charge is 0.254 e. The summed E-state index contributed by atoms with van der Waals surface area (Å²) in [6.45, 7) is 4.18. The van der Waals surface area contributed by atoms with E-state index < -0.39 is 5.60 Å². The molecule has 2 atom stereocenters. The minimum Gasteiger partial charge on any atom is -0.385 e. The lowest BCUT2D eigenvalue weighted by atomic mass is 9.84. The Kier molecular flexibility index (Phi) is 6.90. The Hall–Kier alpha value is -3.50. The molecule has 2 N–H and O–H groups in total. The Balaban J connectivity index is 1.04. The summed E-state index contributed by atoms with van der Waals surface area (Å²) in [4.78, 5) is 22.4. The number of aromatic nitrogens is 3. The number of carbonyl (C=O) groups is 1. The number of anilines is 1. The minimum absolute atomic E-state index is 0.0542. The number of nitrogens with one attached hydrogen (secondary N) is 1. The molecule has 0 saturated carbocycles. The van der Waals surface area contributed by atoms with Crippen LogP contribution in [0.5, 0.6) is 0 Å². The van der Waals surface area contributed by atoms with Crippen LogP contribution in [0.3, 0.4) is 0 Å². The topological polar surface area (TPSA) is 95.2 Å². The molecule has 0 radical (unpaired) electrons. The van der Waals surface area contributed by atoms with Crippen molar-refractivity contribution in [1.82, 2.24) is 24.8 Å². The number of benzene rings is 2. The fourth-order valence-electron chi connectivity index (χ4n) is 6.38. The maximum atomic E-state index is 13.2. The monoisotopic (exact) mass is 572 g/mol. The Labute approximate surface area is 243 Å². The average molecular weight is 573 g/mol. The van der Waals surface area contributed by atoms with Crippen LogP contribution >= 0.6 is 11.6 Å². The van der Waals surface area contributed by atoms with Crippen LogP contribution < -0.4 is 10.2 Å². The van der Waals surface area contributed by atoms with Crippen LogP contribution in [-0.2, 0) is 16.8 Å². The highest BCUT2D eigenvalue weighted by Gasteiger charge is 2.39. The quantitative estimate of drug-likeness (QED) is 0.379. The molecule has 4 aromatic rings. The average Bonchev–Trinajstić information content (AvgIpc) is 3.65. The molecule has 0 bridgehead atoms. The maximum Gasteiger partial charge on any atom is 0.254 e. The number of fused-ring (bicyclic) bond motifs is 2. The van der Waals surface area contributed by atoms with Gasteiger partial charge in [-0.25, -0.2) is 9.50 Å². The highest BCUT2D eigenvalue weighted by atomic mass is 35.5. The molecule has 3 saturated heterocycles. The number of hydrogen-bond donors (Lipinski definition) is 2. The lowest BCUT2D eigenvalue weighted by molar-refractivity contribution is -0.0364. The molecule has 2 aromatic carbocycles. The van der Waals surface area contributed by atoms with Gasteiger partial charge in [-0.2, -0.15) is 5.10 Å². The molecule has 0 spiro atoms. The Morgan fingerprint density at radius 1 is 1.05 bits per heavy atom. The van der Waals surface area contributed by atoms with Crippen LogP contribution in [-0.4, -0.2) is 82.0 Å². The molecule has 0 aliphatic carbocycles. The predicted octanol–water partition coefficient (Wildman–Crippen LogP) is 3.27. The minimum atomic E-state index is -0.865. The van der Waals surface area contributed by atoms with Crippen molar-refractivity contribution in [1.29, 1.82) is 0 Å². The predicted molar refractivity (Wildman–Crippen MR) is 156 cm³/mol. The molecule has 7 rings (SSSR count). The van der Waals surface area contributed by atoms with E-state index in [4.69, 9.17) is 26.4 Å². The molecule has 10 heteroatoms. The van der Waals surface area contributed by atoms with E-state index in [1.807, 2.05) is 70.2 Å². The van der Waals surface area contributed by atoms with Gasteiger partial charge in [-0.05, 0) is 60.4 Å². The number of rotatable bonds is 5. The summed E-state index contributed by atoms with van der Waals surface area (Å²) in [6, 6.07) is 19.4. The van der Waals surface area contributed by atoms with Crippen molar-refractivity contribution in [2.45, 2.75) is 37.0 Å². The number of ether oxygens (including phenoxy) is 1. The van der Waals surface area contributed by atoms with Gasteiger partial charge >= 0.3 is 0 Å². The van der Waals surface area contributed by atoms with E-state index in [2.05, 4.69) is 16.3 Å². The summed E-state index contributed by atoms with van der Waals surface area (Å²) in [5.41, 5.74) is 3.59. The van der Waals surface area contributed by atoms with Crippen LogP contribution in [0.25, 0.3) is 5.65 Å². The highest BCUT2D eigenvalue weighted by molar-refractivity contribution is 6.30. The van der Waals surface area contributed by atoms with Crippen molar-refractivity contribution < 1.29 is 14.6 Å². The number of pyridine rings is 1. The van der Waals surface area contributed by atoms with E-state index in [0.29, 0.717) is 56.1 Å². The van der Waals surface area contributed by atoms with E-state index in [1.54, 1.807) is 0 Å². The third kappa shape index (κ3) is 5.08. The first-order chi connectivity index (χ1) is 20.0. The number of amides is 1. The van der Waals surface area contributed by atoms with Gasteiger partial charge in [0.2, 0.25) is 0 Å². The van der Waals surface area contributed by atoms with Gasteiger partial charge in [0.25, 0.3) is 5.91 Å². The molecular weight excluding hydrogens is 540 g/mol. The molecule has 3 fully saturated rings. The summed E-state index contributed by atoms with van der Waals surface area (Å²) in [5.74, 6) is 0.776. The van der Waals surface area contributed by atoms with Crippen molar-refractivity contribution >= 4 is 28.8 Å². The molecule has 0 unspecified atom stereocenters. The molecule has 3 aliphatic heterocycles. The number of morpholine rings is 1. The van der Waals surface area contributed by atoms with Crippen molar-refractivity contribution in [2.24, 2.45) is 0 Å². The second kappa shape index (κ2) is 10.7. The molecule has 1 amide bonds. The fraction of sp³-hybridized carbons (Fsp3) is 0.387. The molecule has 9 nitrogen and oxygen atoms in total. The molecule has 2 aromatic heterocycles. The van der Waals surface area contributed by atoms with E-state index in [9.17, 15) is 9.90 Å². The van der Waals surface area contributed by atoms with E-state index in [1.165, 1.54) is 0 Å². The third-order valence-electron chi connectivity index (χ3n) is 8.72. The van der Waals surface area contributed by atoms with Gasteiger partial charge in [0, 0.05) is 55.9 Å². The molecule has 41 heavy (non-hydrogen) atoms. The first-order valence-electron chi connectivity index (χ1n) is 14.3. The van der Waals surface area contributed by atoms with E-state index >= 15 is 0 Å². The standard InChI is InChI=1S/C31H33ClN6O3/c32-24-9-7-23(8-10-24)31(40)11-14-36(15-12-31)25-2-1-13-38-29(25)34-28(35-38)18-21-3-5-22(6-4-21)30(39)37-16-17-41-27-20-33-19-26(27)37/h1-10,13,26-27,33,40H,11-12,14-20H2/t26-,27+/m1/s1. The molecule has 3 aliphatic rings. The van der Waals surface area contributed by atoms with Gasteiger partial charge in [0.15, 0.2) is 11.5 Å². The van der Waals surface area contributed by atoms with E-state index in [-0.39, 0.29) is 18.1 Å². The van der Waals surface area contributed by atoms with Crippen molar-refractivity contribution in [2.75, 3.05) is 44.2 Å². The summed E-state index contributed by atoms with van der Waals surface area (Å²) in [5, 5.41) is 20.0. The summed E-state index contributed by atoms with van der Waals surface area (Å²) < 4.78 is 7.64. The van der Waals surface area contributed by atoms with Crippen molar-refractivity contribution in [3.8, 4) is 0 Å². The first-order valence-corrected chi connectivity index (χ1v) is 14.6. The zero-order valence-electron chi connectivity index (χ0n) is 22.7. The SMILES string of the molecule is O=C(c1ccc(Cc2nc3c(N4CCC(O)(c5ccc(Cl)cc5)CC4)cccn3n2)cc1)N1CCO[C@H]2CNC[C@H]21. The number of nitrogens with zero attached hydrogens (tertiary/aromatic N) is 5. The summed E-state index contributed by atoms with van der Waals surface area (Å²) >= 11 is 6.05. The molecular formula is C31H33ClN6O3. The second-order valence-electron chi connectivity index (χ2n) is 11.2. The van der Waals surface area contributed by atoms with Gasteiger partial charge in [-0.15, -0.1) is 0 Å². The fourth-order valence-corrected chi connectivity index (χ4v) is 6.51. The number of piperidine rings is 1.